The van der Waals surface area contributed by atoms with Crippen LogP contribution in [0.1, 0.15) is 38.5 Å². The molecule has 2 unspecified atom stereocenters. The van der Waals surface area contributed by atoms with Crippen molar-refractivity contribution in [3.63, 3.8) is 0 Å². The Bertz CT molecular complexity index is 646. The smallest absolute Gasteiger partial charge is 0.234 e. The topological polar surface area (TPSA) is 75.5 Å². The molecule has 0 saturated heterocycles. The molecule has 0 spiro atoms. The average Bonchev–Trinajstić information content (AvgIpc) is 3.36. The van der Waals surface area contributed by atoms with Crippen LogP contribution in [0.2, 0.25) is 0 Å². The highest BCUT2D eigenvalue weighted by Gasteiger charge is 2.53. The molecule has 0 heterocycles. The van der Waals surface area contributed by atoms with Gasteiger partial charge in [0.2, 0.25) is 11.9 Å². The molecule has 1 aromatic carbocycles. The van der Waals surface area contributed by atoms with Crippen LogP contribution in [-0.4, -0.2) is 30.0 Å². The highest BCUT2D eigenvalue weighted by atomic mass is 19.1. The second-order valence-corrected chi connectivity index (χ2v) is 6.75. The number of hydrogen-bond acceptors (Lipinski definition) is 4. The van der Waals surface area contributed by atoms with Gasteiger partial charge in [0, 0.05) is 30.1 Å². The molecular weight excluding hydrogens is 313 g/mol. The van der Waals surface area contributed by atoms with Gasteiger partial charge >= 0.3 is 0 Å². The molecule has 24 heavy (non-hydrogen) atoms. The summed E-state index contributed by atoms with van der Waals surface area (Å²) < 4.78 is 14.4. The Hall–Kier alpha value is -2.18. The number of carbonyl (C=O) groups is 1. The van der Waals surface area contributed by atoms with E-state index in [1.165, 1.54) is 25.3 Å². The average molecular weight is 335 g/mol. The normalized spacial score (nSPS) is 23.6. The Kier molecular flexibility index (Phi) is 4.69. The molecule has 130 valence electrons. The van der Waals surface area contributed by atoms with Gasteiger partial charge in [-0.25, -0.2) is 4.39 Å². The predicted molar refractivity (Wildman–Crippen MR) is 89.2 cm³/mol. The molecule has 2 aliphatic carbocycles. The fourth-order valence-electron chi connectivity index (χ4n) is 3.47. The van der Waals surface area contributed by atoms with E-state index in [4.69, 9.17) is 0 Å². The number of nitrogens with one attached hydrogen (secondary N) is 1. The van der Waals surface area contributed by atoms with E-state index in [1.54, 1.807) is 12.1 Å². The second-order valence-electron chi connectivity index (χ2n) is 6.75. The van der Waals surface area contributed by atoms with Crippen LogP contribution in [-0.2, 0) is 4.79 Å². The monoisotopic (exact) mass is 335 g/mol. The van der Waals surface area contributed by atoms with Crippen molar-refractivity contribution in [3.8, 4) is 0 Å². The summed E-state index contributed by atoms with van der Waals surface area (Å²) in [6.45, 7) is 0. The third-order valence-electron chi connectivity index (χ3n) is 5.08. The lowest BCUT2D eigenvalue weighted by Crippen LogP contribution is -2.33. The maximum Gasteiger partial charge on any atom is 0.234 e. The van der Waals surface area contributed by atoms with Crippen LogP contribution in [0.25, 0.3) is 0 Å². The number of rotatable bonds is 5. The van der Waals surface area contributed by atoms with Crippen LogP contribution >= 0.6 is 0 Å². The van der Waals surface area contributed by atoms with Crippen LogP contribution in [0.4, 0.5) is 15.8 Å². The molecule has 0 radical (unpaired) electrons. The van der Waals surface area contributed by atoms with Crippen LogP contribution in [0.15, 0.2) is 18.2 Å². The van der Waals surface area contributed by atoms with Gasteiger partial charge in [-0.15, -0.1) is 0 Å². The van der Waals surface area contributed by atoms with Gasteiger partial charge < -0.3 is 10.2 Å². The van der Waals surface area contributed by atoms with Gasteiger partial charge in [-0.2, -0.15) is 0 Å². The van der Waals surface area contributed by atoms with Crippen molar-refractivity contribution >= 4 is 17.3 Å². The summed E-state index contributed by atoms with van der Waals surface area (Å²) in [5.74, 6) is -1.40. The van der Waals surface area contributed by atoms with Gasteiger partial charge in [-0.1, -0.05) is 19.3 Å². The number of amides is 1. The van der Waals surface area contributed by atoms with Gasteiger partial charge in [0.15, 0.2) is 0 Å². The zero-order valence-corrected chi connectivity index (χ0v) is 13.7. The molecule has 6 nitrogen and oxygen atoms in total. The van der Waals surface area contributed by atoms with Gasteiger partial charge in [-0.3, -0.25) is 14.9 Å². The first-order valence-electron chi connectivity index (χ1n) is 8.44. The van der Waals surface area contributed by atoms with E-state index in [9.17, 15) is 19.3 Å². The molecule has 0 bridgehead atoms. The van der Waals surface area contributed by atoms with E-state index < -0.39 is 22.8 Å². The molecule has 2 aliphatic rings. The Labute approximate surface area is 140 Å². The van der Waals surface area contributed by atoms with Crippen molar-refractivity contribution in [2.75, 3.05) is 17.3 Å². The number of benzene rings is 1. The largest absolute Gasteiger partial charge is 0.369 e. The number of carbonyl (C=O) groups excluding carboxylic acids is 1. The highest BCUT2D eigenvalue weighted by molar-refractivity contribution is 5.94. The fraction of sp³-hybridized carbons (Fsp3) is 0.588. The SMILES string of the molecule is CN(c1ccc(NC(=O)C2CC2[N+](=O)[O-])cc1F)C1CCCCC1. The van der Waals surface area contributed by atoms with E-state index in [-0.39, 0.29) is 12.2 Å². The van der Waals surface area contributed by atoms with E-state index in [0.717, 1.165) is 12.8 Å². The minimum atomic E-state index is -0.799. The molecular formula is C17H22FN3O3. The first kappa shape index (κ1) is 16.7. The van der Waals surface area contributed by atoms with Gasteiger partial charge in [0.25, 0.3) is 0 Å². The molecule has 2 saturated carbocycles. The molecule has 0 aromatic heterocycles. The number of halogens is 1. The van der Waals surface area contributed by atoms with Crippen molar-refractivity contribution in [2.24, 2.45) is 5.92 Å². The van der Waals surface area contributed by atoms with Crippen LogP contribution in [0.5, 0.6) is 0 Å². The summed E-state index contributed by atoms with van der Waals surface area (Å²) in [5.41, 5.74) is 0.863. The third kappa shape index (κ3) is 3.49. The Morgan fingerprint density at radius 3 is 2.62 bits per heavy atom. The molecule has 1 N–H and O–H groups in total. The van der Waals surface area contributed by atoms with E-state index in [1.807, 2.05) is 11.9 Å². The van der Waals surface area contributed by atoms with E-state index in [0.29, 0.717) is 17.4 Å². The van der Waals surface area contributed by atoms with E-state index >= 15 is 0 Å². The highest BCUT2D eigenvalue weighted by Crippen LogP contribution is 2.34. The summed E-state index contributed by atoms with van der Waals surface area (Å²) in [6, 6.07) is 4.15. The van der Waals surface area contributed by atoms with Crippen LogP contribution < -0.4 is 10.2 Å². The van der Waals surface area contributed by atoms with Gasteiger partial charge in [-0.05, 0) is 31.0 Å². The minimum absolute atomic E-state index is 0.254. The lowest BCUT2D eigenvalue weighted by Gasteiger charge is -2.33. The zero-order valence-electron chi connectivity index (χ0n) is 13.7. The molecule has 7 heteroatoms. The lowest BCUT2D eigenvalue weighted by atomic mass is 9.94. The first-order chi connectivity index (χ1) is 11.5. The molecule has 0 aliphatic heterocycles. The molecule has 2 fully saturated rings. The van der Waals surface area contributed by atoms with Crippen molar-refractivity contribution in [1.82, 2.24) is 0 Å². The van der Waals surface area contributed by atoms with Crippen molar-refractivity contribution in [2.45, 2.75) is 50.6 Å². The summed E-state index contributed by atoms with van der Waals surface area (Å²) in [6.07, 6.45) is 5.97. The molecule has 1 aromatic rings. The second kappa shape index (κ2) is 6.75. The van der Waals surface area contributed by atoms with E-state index in [2.05, 4.69) is 5.32 Å². The Morgan fingerprint density at radius 1 is 1.33 bits per heavy atom. The third-order valence-corrected chi connectivity index (χ3v) is 5.08. The lowest BCUT2D eigenvalue weighted by molar-refractivity contribution is -0.497. The van der Waals surface area contributed by atoms with Crippen molar-refractivity contribution in [1.29, 1.82) is 0 Å². The van der Waals surface area contributed by atoms with Crippen LogP contribution in [0, 0.1) is 21.8 Å². The van der Waals surface area contributed by atoms with Crippen molar-refractivity contribution in [3.05, 3.63) is 34.1 Å². The van der Waals surface area contributed by atoms with Gasteiger partial charge in [0.05, 0.1) is 5.69 Å². The molecule has 3 rings (SSSR count). The minimum Gasteiger partial charge on any atom is -0.369 e. The maximum absolute atomic E-state index is 14.4. The Balaban J connectivity index is 1.64. The number of nitrogens with zero attached hydrogens (tertiary/aromatic N) is 2. The number of anilines is 2. The maximum atomic E-state index is 14.4. The number of nitro groups is 1. The first-order valence-corrected chi connectivity index (χ1v) is 8.44. The van der Waals surface area contributed by atoms with Crippen molar-refractivity contribution < 1.29 is 14.1 Å². The Morgan fingerprint density at radius 2 is 2.04 bits per heavy atom. The molecule has 1 amide bonds. The summed E-state index contributed by atoms with van der Waals surface area (Å²) in [5, 5.41) is 13.2. The zero-order chi connectivity index (χ0) is 17.3. The summed E-state index contributed by atoms with van der Waals surface area (Å²) >= 11 is 0. The number of hydrogen-bond donors (Lipinski definition) is 1. The standard InChI is InChI=1S/C17H22FN3O3/c1-20(12-5-3-2-4-6-12)15-8-7-11(9-14(15)18)19-17(22)13-10-16(13)21(23)24/h7-9,12-13,16H,2-6,10H2,1H3,(H,19,22). The summed E-state index contributed by atoms with van der Waals surface area (Å²) in [7, 11) is 1.90. The van der Waals surface area contributed by atoms with Crippen LogP contribution in [0.3, 0.4) is 0 Å². The fourth-order valence-corrected chi connectivity index (χ4v) is 3.47. The molecule has 2 atom stereocenters. The van der Waals surface area contributed by atoms with Gasteiger partial charge in [0.1, 0.15) is 11.7 Å². The predicted octanol–water partition coefficient (Wildman–Crippen LogP) is 3.20. The summed E-state index contributed by atoms with van der Waals surface area (Å²) in [4.78, 5) is 24.1. The quantitative estimate of drug-likeness (QED) is 0.662.